The third kappa shape index (κ3) is 3.06. The number of likely N-dealkylation sites (tertiary alicyclic amines) is 1. The summed E-state index contributed by atoms with van der Waals surface area (Å²) in [7, 11) is 1.68. The molecule has 2 aliphatic heterocycles. The van der Waals surface area contributed by atoms with Gasteiger partial charge in [-0.15, -0.1) is 22.0 Å². The largest absolute Gasteiger partial charge is 0.423 e. The number of carbonyl (C=O) groups is 1. The number of rotatable bonds is 3. The lowest BCUT2D eigenvalue weighted by atomic mass is 10.0. The first-order valence-electron chi connectivity index (χ1n) is 8.50. The van der Waals surface area contributed by atoms with Gasteiger partial charge >= 0.3 is 0 Å². The topological polar surface area (TPSA) is 68.5 Å². The number of carbonyl (C=O) groups excluding carboxylic acids is 1. The van der Waals surface area contributed by atoms with E-state index in [1.165, 1.54) is 5.56 Å². The number of hydrogen-bond acceptors (Lipinski definition) is 6. The molecule has 0 aliphatic carbocycles. The second-order valence-electron chi connectivity index (χ2n) is 6.46. The number of nitrogens with zero attached hydrogens (tertiary/aromatic N) is 3. The highest BCUT2D eigenvalue weighted by Crippen LogP contribution is 2.42. The van der Waals surface area contributed by atoms with Gasteiger partial charge in [-0.1, -0.05) is 24.3 Å². The molecule has 3 heterocycles. The van der Waals surface area contributed by atoms with Gasteiger partial charge in [0.2, 0.25) is 17.7 Å². The number of hydrogen-bond donors (Lipinski definition) is 0. The first-order chi connectivity index (χ1) is 12.2. The minimum Gasteiger partial charge on any atom is -0.423 e. The molecule has 25 heavy (non-hydrogen) atoms. The van der Waals surface area contributed by atoms with Crippen molar-refractivity contribution in [1.82, 2.24) is 15.1 Å². The molecule has 0 spiro atoms. The molecule has 6 nitrogen and oxygen atoms in total. The summed E-state index contributed by atoms with van der Waals surface area (Å²) < 4.78 is 11.1. The van der Waals surface area contributed by atoms with Crippen molar-refractivity contribution in [3.63, 3.8) is 0 Å². The zero-order chi connectivity index (χ0) is 17.4. The zero-order valence-electron chi connectivity index (χ0n) is 14.3. The van der Waals surface area contributed by atoms with E-state index in [4.69, 9.17) is 9.15 Å². The van der Waals surface area contributed by atoms with Crippen molar-refractivity contribution in [1.29, 1.82) is 0 Å². The molecule has 1 amide bonds. The summed E-state index contributed by atoms with van der Waals surface area (Å²) in [6.07, 6.45) is 1.69. The van der Waals surface area contributed by atoms with E-state index in [1.54, 1.807) is 25.8 Å². The van der Waals surface area contributed by atoms with Crippen molar-refractivity contribution in [2.75, 3.05) is 19.4 Å². The minimum atomic E-state index is -0.215. The third-order valence-corrected chi connectivity index (χ3v) is 6.15. The van der Waals surface area contributed by atoms with E-state index in [1.807, 2.05) is 17.0 Å². The molecule has 1 aromatic heterocycles. The first-order valence-corrected chi connectivity index (χ1v) is 9.55. The van der Waals surface area contributed by atoms with Crippen LogP contribution in [0.25, 0.3) is 0 Å². The monoisotopic (exact) mass is 359 g/mol. The highest BCUT2D eigenvalue weighted by atomic mass is 32.2. The van der Waals surface area contributed by atoms with Crippen molar-refractivity contribution in [3.8, 4) is 0 Å². The van der Waals surface area contributed by atoms with Crippen LogP contribution in [0.5, 0.6) is 0 Å². The molecule has 1 aromatic carbocycles. The first kappa shape index (κ1) is 16.6. The number of aryl methyl sites for hydroxylation is 2. The van der Waals surface area contributed by atoms with Crippen LogP contribution in [0.4, 0.5) is 0 Å². The van der Waals surface area contributed by atoms with E-state index >= 15 is 0 Å². The van der Waals surface area contributed by atoms with E-state index in [-0.39, 0.29) is 23.3 Å². The Balaban J connectivity index is 1.64. The van der Waals surface area contributed by atoms with Crippen LogP contribution in [0.15, 0.2) is 28.7 Å². The number of thioether (sulfide) groups is 1. The molecule has 4 rings (SSSR count). The van der Waals surface area contributed by atoms with Gasteiger partial charge in [0.15, 0.2) is 0 Å². The average molecular weight is 359 g/mol. The quantitative estimate of drug-likeness (QED) is 0.839. The van der Waals surface area contributed by atoms with Crippen LogP contribution in [0.1, 0.15) is 40.6 Å². The Bertz CT molecular complexity index is 778. The minimum absolute atomic E-state index is 0.00927. The summed E-state index contributed by atoms with van der Waals surface area (Å²) >= 11 is 1.71. The maximum Gasteiger partial charge on any atom is 0.240 e. The van der Waals surface area contributed by atoms with Crippen LogP contribution >= 0.6 is 11.8 Å². The molecule has 132 valence electrons. The molecular weight excluding hydrogens is 338 g/mol. The molecule has 0 bridgehead atoms. The number of ether oxygens (including phenoxy) is 1. The third-order valence-electron chi connectivity index (χ3n) is 4.92. The molecule has 1 saturated heterocycles. The fourth-order valence-corrected chi connectivity index (χ4v) is 4.90. The van der Waals surface area contributed by atoms with Crippen molar-refractivity contribution in [3.05, 3.63) is 47.2 Å². The van der Waals surface area contributed by atoms with E-state index in [0.717, 1.165) is 17.7 Å². The van der Waals surface area contributed by atoms with E-state index in [9.17, 15) is 4.79 Å². The van der Waals surface area contributed by atoms with Gasteiger partial charge < -0.3 is 14.1 Å². The highest BCUT2D eigenvalue weighted by molar-refractivity contribution is 8.00. The molecule has 0 radical (unpaired) electrons. The van der Waals surface area contributed by atoms with Crippen molar-refractivity contribution < 1.29 is 13.9 Å². The SMILES string of the molecule is CO[C@@H]1C[C@H](c2nnc(C)o2)N(C(=O)C2SCCc3ccccc32)C1. The van der Waals surface area contributed by atoms with E-state index in [0.29, 0.717) is 24.7 Å². The summed E-state index contributed by atoms with van der Waals surface area (Å²) in [4.78, 5) is 15.2. The molecule has 3 atom stereocenters. The summed E-state index contributed by atoms with van der Waals surface area (Å²) in [5, 5.41) is 7.90. The number of benzene rings is 1. The summed E-state index contributed by atoms with van der Waals surface area (Å²) in [6, 6.07) is 8.02. The molecule has 7 heteroatoms. The lowest BCUT2D eigenvalue weighted by Gasteiger charge is -2.30. The van der Waals surface area contributed by atoms with E-state index in [2.05, 4.69) is 22.3 Å². The molecule has 1 unspecified atom stereocenters. The normalized spacial score (nSPS) is 25.8. The standard InChI is InChI=1S/C18H21N3O3S/c1-11-19-20-17(24-11)15-9-13(23-2)10-21(15)18(22)16-14-6-4-3-5-12(14)7-8-25-16/h3-6,13,15-16H,7-10H2,1-2H3/t13-,15-,16?/m1/s1. The van der Waals surface area contributed by atoms with Crippen molar-refractivity contribution in [2.45, 2.75) is 37.2 Å². The van der Waals surface area contributed by atoms with Gasteiger partial charge in [0.1, 0.15) is 11.3 Å². The summed E-state index contributed by atoms with van der Waals surface area (Å²) in [5.74, 6) is 2.08. The fraction of sp³-hybridized carbons (Fsp3) is 0.500. The van der Waals surface area contributed by atoms with Crippen LogP contribution in [0.3, 0.4) is 0 Å². The fourth-order valence-electron chi connectivity index (χ4n) is 3.64. The summed E-state index contributed by atoms with van der Waals surface area (Å²) in [5.41, 5.74) is 2.40. The van der Waals surface area contributed by atoms with Gasteiger partial charge in [0.25, 0.3) is 0 Å². The molecular formula is C18H21N3O3S. The van der Waals surface area contributed by atoms with Crippen LogP contribution in [-0.4, -0.2) is 46.5 Å². The lowest BCUT2D eigenvalue weighted by Crippen LogP contribution is -2.36. The number of methoxy groups -OCH3 is 1. The number of aromatic nitrogens is 2. The lowest BCUT2D eigenvalue weighted by molar-refractivity contribution is -0.132. The van der Waals surface area contributed by atoms with Gasteiger partial charge in [-0.2, -0.15) is 0 Å². The predicted octanol–water partition coefficient (Wildman–Crippen LogP) is 2.70. The Hall–Kier alpha value is -1.86. The van der Waals surface area contributed by atoms with Gasteiger partial charge in [0.05, 0.1) is 6.10 Å². The summed E-state index contributed by atoms with van der Waals surface area (Å²) in [6.45, 7) is 2.32. The Labute approximate surface area is 150 Å². The molecule has 2 aliphatic rings. The smallest absolute Gasteiger partial charge is 0.240 e. The van der Waals surface area contributed by atoms with Crippen molar-refractivity contribution >= 4 is 17.7 Å². The second-order valence-corrected chi connectivity index (χ2v) is 7.67. The molecule has 0 N–H and O–H groups in total. The highest BCUT2D eigenvalue weighted by Gasteiger charge is 2.42. The Morgan fingerprint density at radius 2 is 2.20 bits per heavy atom. The Morgan fingerprint density at radius 3 is 2.96 bits per heavy atom. The van der Waals surface area contributed by atoms with Gasteiger partial charge in [-0.3, -0.25) is 4.79 Å². The van der Waals surface area contributed by atoms with Crippen LogP contribution in [-0.2, 0) is 16.0 Å². The van der Waals surface area contributed by atoms with Gasteiger partial charge in [0, 0.05) is 27.0 Å². The Morgan fingerprint density at radius 1 is 1.36 bits per heavy atom. The number of amides is 1. The molecule has 2 aromatic rings. The van der Waals surface area contributed by atoms with E-state index < -0.39 is 0 Å². The second kappa shape index (κ2) is 6.80. The number of fused-ring (bicyclic) bond motifs is 1. The van der Waals surface area contributed by atoms with Crippen LogP contribution in [0.2, 0.25) is 0 Å². The van der Waals surface area contributed by atoms with Gasteiger partial charge in [-0.25, -0.2) is 0 Å². The maximum absolute atomic E-state index is 13.4. The molecule has 0 saturated carbocycles. The average Bonchev–Trinajstić information content (AvgIpc) is 3.26. The van der Waals surface area contributed by atoms with Crippen molar-refractivity contribution in [2.24, 2.45) is 0 Å². The Kier molecular flexibility index (Phi) is 4.52. The van der Waals surface area contributed by atoms with Gasteiger partial charge in [-0.05, 0) is 23.3 Å². The predicted molar refractivity (Wildman–Crippen MR) is 94.2 cm³/mol. The van der Waals surface area contributed by atoms with Crippen LogP contribution < -0.4 is 0 Å². The molecule has 1 fully saturated rings. The zero-order valence-corrected chi connectivity index (χ0v) is 15.2. The maximum atomic E-state index is 13.4. The van der Waals surface area contributed by atoms with Crippen LogP contribution in [0, 0.1) is 6.92 Å².